The highest BCUT2D eigenvalue weighted by Gasteiger charge is 2.26. The molecule has 0 atom stereocenters. The number of pyridine rings is 1. The molecule has 0 bridgehead atoms. The molecular formula is C19H28N6O2. The molecule has 1 aromatic heterocycles. The second kappa shape index (κ2) is 8.12. The second-order valence-corrected chi connectivity index (χ2v) is 7.63. The van der Waals surface area contributed by atoms with E-state index in [1.807, 2.05) is 12.1 Å². The van der Waals surface area contributed by atoms with Crippen molar-refractivity contribution in [1.29, 1.82) is 0 Å². The number of amides is 3. The minimum Gasteiger partial charge on any atom is -0.357 e. The number of piperazine rings is 1. The van der Waals surface area contributed by atoms with Crippen LogP contribution in [0.4, 0.5) is 16.3 Å². The van der Waals surface area contributed by atoms with Gasteiger partial charge in [-0.05, 0) is 37.8 Å². The van der Waals surface area contributed by atoms with Crippen LogP contribution in [0.2, 0.25) is 0 Å². The van der Waals surface area contributed by atoms with Gasteiger partial charge in [0.25, 0.3) is 0 Å². The van der Waals surface area contributed by atoms with E-state index >= 15 is 0 Å². The Balaban J connectivity index is 1.21. The molecule has 1 saturated carbocycles. The van der Waals surface area contributed by atoms with Gasteiger partial charge in [-0.15, -0.1) is 0 Å². The number of aromatic nitrogens is 1. The maximum absolute atomic E-state index is 12.5. The number of hydrogen-bond donors (Lipinski definition) is 2. The number of anilines is 2. The third kappa shape index (κ3) is 4.88. The summed E-state index contributed by atoms with van der Waals surface area (Å²) in [6.45, 7) is 5.23. The molecule has 3 fully saturated rings. The molecule has 4 rings (SSSR count). The van der Waals surface area contributed by atoms with Gasteiger partial charge in [0.05, 0.1) is 18.4 Å². The van der Waals surface area contributed by atoms with Crippen molar-refractivity contribution in [3.63, 3.8) is 0 Å². The number of carbonyl (C=O) groups excluding carboxylic acids is 2. The van der Waals surface area contributed by atoms with Crippen LogP contribution in [0, 0.1) is 0 Å². The van der Waals surface area contributed by atoms with Crippen LogP contribution in [0.15, 0.2) is 18.3 Å². The largest absolute Gasteiger partial charge is 0.357 e. The van der Waals surface area contributed by atoms with E-state index in [-0.39, 0.29) is 11.9 Å². The van der Waals surface area contributed by atoms with Crippen molar-refractivity contribution in [3.05, 3.63) is 18.3 Å². The highest BCUT2D eigenvalue weighted by atomic mass is 16.2. The van der Waals surface area contributed by atoms with Gasteiger partial charge in [-0.25, -0.2) is 9.78 Å². The van der Waals surface area contributed by atoms with E-state index in [1.54, 1.807) is 11.1 Å². The van der Waals surface area contributed by atoms with Crippen LogP contribution in [0.5, 0.6) is 0 Å². The Morgan fingerprint density at radius 3 is 2.41 bits per heavy atom. The normalized spacial score (nSPS) is 20.6. The third-order valence-corrected chi connectivity index (χ3v) is 5.40. The van der Waals surface area contributed by atoms with E-state index in [2.05, 4.69) is 25.4 Å². The van der Waals surface area contributed by atoms with Crippen LogP contribution in [-0.4, -0.2) is 78.6 Å². The minimum atomic E-state index is -0.104. The van der Waals surface area contributed by atoms with Gasteiger partial charge < -0.3 is 20.4 Å². The topological polar surface area (TPSA) is 80.8 Å². The first-order valence-corrected chi connectivity index (χ1v) is 9.96. The first-order chi connectivity index (χ1) is 13.2. The zero-order valence-electron chi connectivity index (χ0n) is 15.7. The van der Waals surface area contributed by atoms with Crippen molar-refractivity contribution in [2.45, 2.75) is 31.7 Å². The number of hydrogen-bond acceptors (Lipinski definition) is 5. The fourth-order valence-electron chi connectivity index (χ4n) is 3.61. The molecule has 3 aliphatic rings. The molecule has 1 aromatic rings. The van der Waals surface area contributed by atoms with Crippen LogP contribution >= 0.6 is 0 Å². The Morgan fingerprint density at radius 2 is 1.78 bits per heavy atom. The minimum absolute atomic E-state index is 0.0968. The van der Waals surface area contributed by atoms with Crippen LogP contribution in [0.3, 0.4) is 0 Å². The van der Waals surface area contributed by atoms with E-state index in [1.165, 1.54) is 12.8 Å². The lowest BCUT2D eigenvalue weighted by atomic mass is 10.3. The van der Waals surface area contributed by atoms with Crippen LogP contribution in [0.25, 0.3) is 0 Å². The lowest BCUT2D eigenvalue weighted by molar-refractivity contribution is -0.122. The molecule has 0 aromatic carbocycles. The molecular weight excluding hydrogens is 344 g/mol. The van der Waals surface area contributed by atoms with Crippen molar-refractivity contribution in [1.82, 2.24) is 20.1 Å². The molecule has 3 heterocycles. The van der Waals surface area contributed by atoms with Crippen molar-refractivity contribution in [2.75, 3.05) is 56.0 Å². The first-order valence-electron chi connectivity index (χ1n) is 9.96. The zero-order chi connectivity index (χ0) is 18.6. The highest BCUT2D eigenvalue weighted by Crippen LogP contribution is 2.20. The molecule has 146 valence electrons. The van der Waals surface area contributed by atoms with Gasteiger partial charge in [-0.3, -0.25) is 9.69 Å². The second-order valence-electron chi connectivity index (χ2n) is 7.63. The molecule has 2 aliphatic heterocycles. The Kier molecular flexibility index (Phi) is 5.42. The van der Waals surface area contributed by atoms with E-state index in [0.717, 1.165) is 44.8 Å². The summed E-state index contributed by atoms with van der Waals surface area (Å²) < 4.78 is 0. The smallest absolute Gasteiger partial charge is 0.321 e. The van der Waals surface area contributed by atoms with E-state index in [4.69, 9.17) is 0 Å². The summed E-state index contributed by atoms with van der Waals surface area (Å²) in [5.74, 6) is 1.07. The SMILES string of the molecule is O=C(CN1CCN(C(=O)Nc2ccc(N3CCCC3)nc2)CC1)NC1CC1. The summed E-state index contributed by atoms with van der Waals surface area (Å²) >= 11 is 0. The molecule has 1 aliphatic carbocycles. The maximum atomic E-state index is 12.5. The molecule has 0 radical (unpaired) electrons. The average molecular weight is 372 g/mol. The standard InChI is InChI=1S/C19H28N6O2/c26-18(21-15-3-4-15)14-23-9-11-25(12-10-23)19(27)22-16-5-6-17(20-13-16)24-7-1-2-8-24/h5-6,13,15H,1-4,7-12,14H2,(H,21,26)(H,22,27). The number of urea groups is 1. The summed E-state index contributed by atoms with van der Waals surface area (Å²) in [4.78, 5) is 35.0. The Bertz CT molecular complexity index is 661. The van der Waals surface area contributed by atoms with Crippen molar-refractivity contribution in [3.8, 4) is 0 Å². The Labute approximate surface area is 159 Å². The summed E-state index contributed by atoms with van der Waals surface area (Å²) in [6, 6.07) is 4.18. The average Bonchev–Trinajstić information content (AvgIpc) is 3.31. The van der Waals surface area contributed by atoms with Crippen LogP contribution in [0.1, 0.15) is 25.7 Å². The number of carbonyl (C=O) groups is 2. The fraction of sp³-hybridized carbons (Fsp3) is 0.632. The predicted octanol–water partition coefficient (Wildman–Crippen LogP) is 1.11. The van der Waals surface area contributed by atoms with Crippen molar-refractivity contribution < 1.29 is 9.59 Å². The first kappa shape index (κ1) is 18.0. The third-order valence-electron chi connectivity index (χ3n) is 5.40. The molecule has 27 heavy (non-hydrogen) atoms. The number of rotatable bonds is 5. The highest BCUT2D eigenvalue weighted by molar-refractivity contribution is 5.89. The van der Waals surface area contributed by atoms with E-state index < -0.39 is 0 Å². The molecule has 3 amide bonds. The summed E-state index contributed by atoms with van der Waals surface area (Å²) in [5, 5.41) is 5.94. The van der Waals surface area contributed by atoms with Gasteiger partial charge >= 0.3 is 6.03 Å². The van der Waals surface area contributed by atoms with Gasteiger partial charge in [-0.2, -0.15) is 0 Å². The van der Waals surface area contributed by atoms with Gasteiger partial charge in [0.1, 0.15) is 5.82 Å². The molecule has 8 nitrogen and oxygen atoms in total. The number of nitrogens with one attached hydrogen (secondary N) is 2. The van der Waals surface area contributed by atoms with E-state index in [0.29, 0.717) is 31.4 Å². The van der Waals surface area contributed by atoms with E-state index in [9.17, 15) is 9.59 Å². The molecule has 2 saturated heterocycles. The van der Waals surface area contributed by atoms with Crippen LogP contribution in [-0.2, 0) is 4.79 Å². The maximum Gasteiger partial charge on any atom is 0.321 e. The van der Waals surface area contributed by atoms with Gasteiger partial charge in [0.15, 0.2) is 0 Å². The molecule has 2 N–H and O–H groups in total. The Morgan fingerprint density at radius 1 is 1.04 bits per heavy atom. The molecule has 0 unspecified atom stereocenters. The quantitative estimate of drug-likeness (QED) is 0.809. The zero-order valence-corrected chi connectivity index (χ0v) is 15.7. The van der Waals surface area contributed by atoms with Crippen molar-refractivity contribution in [2.24, 2.45) is 0 Å². The van der Waals surface area contributed by atoms with Gasteiger partial charge in [0, 0.05) is 45.3 Å². The summed E-state index contributed by atoms with van der Waals surface area (Å²) in [5.41, 5.74) is 0.717. The van der Waals surface area contributed by atoms with Crippen molar-refractivity contribution >= 4 is 23.4 Å². The molecule has 8 heteroatoms. The Hall–Kier alpha value is -2.35. The van der Waals surface area contributed by atoms with Gasteiger partial charge in [0.2, 0.25) is 5.91 Å². The number of nitrogens with zero attached hydrogens (tertiary/aromatic N) is 4. The van der Waals surface area contributed by atoms with Gasteiger partial charge in [-0.1, -0.05) is 0 Å². The predicted molar refractivity (Wildman–Crippen MR) is 104 cm³/mol. The lowest BCUT2D eigenvalue weighted by Crippen LogP contribution is -2.52. The molecule has 0 spiro atoms. The van der Waals surface area contributed by atoms with Crippen LogP contribution < -0.4 is 15.5 Å². The fourth-order valence-corrected chi connectivity index (χ4v) is 3.61. The lowest BCUT2D eigenvalue weighted by Gasteiger charge is -2.34. The monoisotopic (exact) mass is 372 g/mol. The summed E-state index contributed by atoms with van der Waals surface area (Å²) in [7, 11) is 0. The summed E-state index contributed by atoms with van der Waals surface area (Å²) in [6.07, 6.45) is 6.37.